The van der Waals surface area contributed by atoms with E-state index in [0.717, 1.165) is 0 Å². The van der Waals surface area contributed by atoms with Gasteiger partial charge in [0.2, 0.25) is 0 Å². The molecule has 0 spiro atoms. The molecule has 1 heterocycles. The molecule has 0 aliphatic carbocycles. The molecule has 1 saturated heterocycles. The van der Waals surface area contributed by atoms with Crippen LogP contribution in [0.25, 0.3) is 0 Å². The van der Waals surface area contributed by atoms with Crippen LogP contribution in [0.3, 0.4) is 0 Å². The number of hydrogen-bond donors (Lipinski definition) is 1. The lowest BCUT2D eigenvalue weighted by Gasteiger charge is -2.48. The number of rotatable bonds is 0. The van der Waals surface area contributed by atoms with E-state index in [4.69, 9.17) is 9.32 Å². The summed E-state index contributed by atoms with van der Waals surface area (Å²) in [4.78, 5) is 10.8. The number of hydroxylamine groups is 2. The number of hydrogen-bond acceptors (Lipinski definition) is 2. The summed E-state index contributed by atoms with van der Waals surface area (Å²) in [7, 11) is 0. The molecule has 1 fully saturated rings. The molecule has 1 rings (SSSR count). The largest absolute Gasteiger partial charge is 0.285 e. The molecule has 3 nitrogen and oxygen atoms in total. The van der Waals surface area contributed by atoms with Gasteiger partial charge < -0.3 is 0 Å². The molecule has 1 amide bonds. The number of nitrogens with zero attached hydrogens (tertiary/aromatic N) is 1. The molecule has 52 valence electrons. The van der Waals surface area contributed by atoms with Gasteiger partial charge in [0.05, 0.1) is 11.5 Å². The third-order valence-electron chi connectivity index (χ3n) is 1.86. The number of β-lactam (4-membered cyclic amide) rings is 1. The van der Waals surface area contributed by atoms with Gasteiger partial charge in [-0.1, -0.05) is 6.92 Å². The molecule has 2 atom stereocenters. The van der Waals surface area contributed by atoms with Gasteiger partial charge in [-0.2, -0.15) is 0 Å². The van der Waals surface area contributed by atoms with Gasteiger partial charge in [0.1, 0.15) is 0 Å². The average molecular weight is 132 g/mol. The highest BCUT2D eigenvalue weighted by Gasteiger charge is 2.50. The molecule has 0 saturated carbocycles. The zero-order valence-corrected chi connectivity index (χ0v) is 5.38. The molecule has 0 aromatic carbocycles. The molecule has 0 aromatic heterocycles. The van der Waals surface area contributed by atoms with Crippen molar-refractivity contribution in [2.45, 2.75) is 26.2 Å². The third kappa shape index (κ3) is 0.580. The summed E-state index contributed by atoms with van der Waals surface area (Å²) >= 11 is 0. The maximum Gasteiger partial charge on any atom is 0.251 e. The summed E-state index contributed by atoms with van der Waals surface area (Å²) in [5.74, 6) is -1.18. The van der Waals surface area contributed by atoms with Crippen molar-refractivity contribution in [3.8, 4) is 0 Å². The van der Waals surface area contributed by atoms with Gasteiger partial charge in [-0.15, -0.1) is 0 Å². The zero-order chi connectivity index (χ0) is 9.73. The van der Waals surface area contributed by atoms with Crippen LogP contribution in [0.2, 0.25) is 0 Å². The molecule has 0 unspecified atom stereocenters. The van der Waals surface area contributed by atoms with E-state index in [0.29, 0.717) is 5.06 Å². The van der Waals surface area contributed by atoms with E-state index in [1.807, 2.05) is 0 Å². The van der Waals surface area contributed by atoms with Gasteiger partial charge in [-0.3, -0.25) is 10.0 Å². The first-order valence-corrected chi connectivity index (χ1v) is 2.76. The molecule has 9 heavy (non-hydrogen) atoms. The van der Waals surface area contributed by atoms with Gasteiger partial charge in [0.15, 0.2) is 0 Å². The van der Waals surface area contributed by atoms with Crippen molar-refractivity contribution in [1.29, 1.82) is 0 Å². The Kier molecular flexibility index (Phi) is 0.584. The van der Waals surface area contributed by atoms with E-state index in [2.05, 4.69) is 0 Å². The fourth-order valence-corrected chi connectivity index (χ4v) is 0.770. The lowest BCUT2D eigenvalue weighted by atomic mass is 9.80. The minimum absolute atomic E-state index is 0.310. The minimum atomic E-state index is -2.34. The Morgan fingerprint density at radius 3 is 2.78 bits per heavy atom. The van der Waals surface area contributed by atoms with E-state index in [9.17, 15) is 4.79 Å². The smallest absolute Gasteiger partial charge is 0.251 e. The first-order chi connectivity index (χ1) is 5.23. The van der Waals surface area contributed by atoms with Gasteiger partial charge in [-0.05, 0) is 13.8 Å². The van der Waals surface area contributed by atoms with Crippen LogP contribution in [0.15, 0.2) is 0 Å². The Labute approximate surface area is 58.4 Å². The van der Waals surface area contributed by atoms with E-state index >= 15 is 0 Å². The highest BCUT2D eigenvalue weighted by Crippen LogP contribution is 2.34. The second-order valence-corrected chi connectivity index (χ2v) is 2.52. The van der Waals surface area contributed by atoms with Crippen LogP contribution in [0.4, 0.5) is 0 Å². The zero-order valence-electron chi connectivity index (χ0n) is 8.38. The maximum atomic E-state index is 10.8. The van der Waals surface area contributed by atoms with Crippen LogP contribution in [0.5, 0.6) is 0 Å². The minimum Gasteiger partial charge on any atom is -0.285 e. The summed E-state index contributed by atoms with van der Waals surface area (Å²) in [5.41, 5.74) is -1.41. The Hall–Kier alpha value is -0.570. The molecule has 1 aliphatic rings. The third-order valence-corrected chi connectivity index (χ3v) is 1.86. The van der Waals surface area contributed by atoms with Crippen molar-refractivity contribution in [3.63, 3.8) is 0 Å². The first kappa shape index (κ1) is 3.56. The van der Waals surface area contributed by atoms with Crippen LogP contribution in [-0.4, -0.2) is 21.7 Å². The molecule has 1 N–H and O–H groups in total. The van der Waals surface area contributed by atoms with Crippen molar-refractivity contribution in [2.24, 2.45) is 5.92 Å². The number of carbonyl (C=O) groups excluding carboxylic acids is 1. The summed E-state index contributed by atoms with van der Waals surface area (Å²) in [5, 5.41) is 9.38. The standard InChI is InChI=1S/C6H11NO2/c1-4-5(8)7(9)6(4,2)3/h4,9H,1-3H3/t4-/m1/s1/i2D3/t4-,6-. The van der Waals surface area contributed by atoms with Gasteiger partial charge in [0, 0.05) is 4.11 Å². The quantitative estimate of drug-likeness (QED) is 0.388. The summed E-state index contributed by atoms with van der Waals surface area (Å²) < 4.78 is 21.3. The number of amides is 1. The Balaban J connectivity index is 2.95. The Morgan fingerprint density at radius 2 is 2.56 bits per heavy atom. The van der Waals surface area contributed by atoms with Crippen LogP contribution in [0, 0.1) is 5.92 Å². The van der Waals surface area contributed by atoms with Crippen molar-refractivity contribution in [3.05, 3.63) is 0 Å². The molecule has 0 radical (unpaired) electrons. The summed E-state index contributed by atoms with van der Waals surface area (Å²) in [6.45, 7) is 0.516. The topological polar surface area (TPSA) is 40.5 Å². The first-order valence-electron chi connectivity index (χ1n) is 4.26. The van der Waals surface area contributed by atoms with Crippen LogP contribution in [-0.2, 0) is 4.79 Å². The summed E-state index contributed by atoms with van der Waals surface area (Å²) in [6, 6.07) is 0. The molecular formula is C6H11NO2. The van der Waals surface area contributed by atoms with E-state index in [1.165, 1.54) is 13.8 Å². The van der Waals surface area contributed by atoms with E-state index < -0.39 is 24.2 Å². The summed E-state index contributed by atoms with van der Waals surface area (Å²) in [6.07, 6.45) is 0. The van der Waals surface area contributed by atoms with Crippen molar-refractivity contribution in [2.75, 3.05) is 0 Å². The van der Waals surface area contributed by atoms with Crippen LogP contribution in [0.1, 0.15) is 24.8 Å². The molecule has 3 heteroatoms. The molecule has 1 aliphatic heterocycles. The van der Waals surface area contributed by atoms with Crippen molar-refractivity contribution < 1.29 is 14.1 Å². The fourth-order valence-electron chi connectivity index (χ4n) is 0.770. The van der Waals surface area contributed by atoms with Crippen LogP contribution < -0.4 is 0 Å². The van der Waals surface area contributed by atoms with Gasteiger partial charge in [0.25, 0.3) is 5.91 Å². The number of carbonyl (C=O) groups is 1. The van der Waals surface area contributed by atoms with Crippen molar-refractivity contribution >= 4 is 5.91 Å². The van der Waals surface area contributed by atoms with Gasteiger partial charge >= 0.3 is 0 Å². The predicted molar refractivity (Wildman–Crippen MR) is 31.9 cm³/mol. The highest BCUT2D eigenvalue weighted by atomic mass is 16.5. The molecule has 0 aromatic rings. The normalized spacial score (nSPS) is 49.2. The average Bonchev–Trinajstić information content (AvgIpc) is 1.98. The Bertz CT molecular complexity index is 213. The van der Waals surface area contributed by atoms with E-state index in [-0.39, 0.29) is 0 Å². The Morgan fingerprint density at radius 1 is 2.00 bits per heavy atom. The highest BCUT2D eigenvalue weighted by molar-refractivity contribution is 5.85. The molecule has 0 bridgehead atoms. The lowest BCUT2D eigenvalue weighted by molar-refractivity contribution is -0.239. The van der Waals surface area contributed by atoms with Gasteiger partial charge in [-0.25, -0.2) is 5.06 Å². The maximum absolute atomic E-state index is 10.8. The van der Waals surface area contributed by atoms with Crippen molar-refractivity contribution in [1.82, 2.24) is 5.06 Å². The predicted octanol–water partition coefficient (Wildman–Crippen LogP) is 0.633. The fraction of sp³-hybridized carbons (Fsp3) is 0.833. The monoisotopic (exact) mass is 132 g/mol. The van der Waals surface area contributed by atoms with E-state index in [1.54, 1.807) is 0 Å². The second-order valence-electron chi connectivity index (χ2n) is 2.52. The van der Waals surface area contributed by atoms with Crippen LogP contribution >= 0.6 is 0 Å². The second kappa shape index (κ2) is 1.48. The lowest BCUT2D eigenvalue weighted by Crippen LogP contribution is -2.65. The molecular weight excluding hydrogens is 118 g/mol. The SMILES string of the molecule is [2H]C([2H])([2H])[C@@]1(C)[C@H](C)C(=O)N1O.